The van der Waals surface area contributed by atoms with Crippen molar-refractivity contribution in [3.63, 3.8) is 0 Å². The van der Waals surface area contributed by atoms with E-state index < -0.39 is 16.9 Å². The lowest BCUT2D eigenvalue weighted by atomic mass is 9.79. The number of fused-ring (bicyclic) bond motifs is 2. The van der Waals surface area contributed by atoms with Crippen molar-refractivity contribution in [2.24, 2.45) is 0 Å². The number of nitrogens with zero attached hydrogens (tertiary/aromatic N) is 4. The summed E-state index contributed by atoms with van der Waals surface area (Å²) >= 11 is 0. The molecule has 0 atom stereocenters. The van der Waals surface area contributed by atoms with E-state index in [2.05, 4.69) is 16.0 Å². The Morgan fingerprint density at radius 1 is 1.19 bits per heavy atom. The number of hydrogen-bond donors (Lipinski definition) is 1. The van der Waals surface area contributed by atoms with Gasteiger partial charge in [0.1, 0.15) is 16.5 Å². The minimum atomic E-state index is -1.24. The number of aromatic carboxylic acids is 1. The largest absolute Gasteiger partial charge is 0.477 e. The normalized spacial score (nSPS) is 16.2. The van der Waals surface area contributed by atoms with Crippen LogP contribution in [0, 0.1) is 11.3 Å². The van der Waals surface area contributed by atoms with Crippen LogP contribution >= 0.6 is 0 Å². The number of benzene rings is 1. The summed E-state index contributed by atoms with van der Waals surface area (Å²) in [6.07, 6.45) is 2.68. The highest BCUT2D eigenvalue weighted by atomic mass is 16.4. The molecule has 0 saturated carbocycles. The number of aromatic nitrogens is 2. The molecule has 1 aliphatic heterocycles. The first-order chi connectivity index (χ1) is 15.5. The summed E-state index contributed by atoms with van der Waals surface area (Å²) in [5, 5.41) is 19.5. The SMILES string of the molecule is N#CC1(c2nc3ccccc3o2)CCN(Cc2cc(C(=O)O)c(=O)n3ccccc23)CC1. The molecular weight excluding hydrogens is 408 g/mol. The average molecular weight is 428 g/mol. The Hall–Kier alpha value is -3.96. The predicted octanol–water partition coefficient (Wildman–Crippen LogP) is 3.20. The number of carboxylic acid groups (broad SMARTS) is 1. The molecular formula is C24H20N4O4. The molecule has 1 aromatic carbocycles. The van der Waals surface area contributed by atoms with Crippen LogP contribution in [0.4, 0.5) is 0 Å². The minimum Gasteiger partial charge on any atom is -0.477 e. The number of carbonyl (C=O) groups is 1. The van der Waals surface area contributed by atoms with E-state index in [9.17, 15) is 20.0 Å². The Morgan fingerprint density at radius 3 is 2.66 bits per heavy atom. The summed E-state index contributed by atoms with van der Waals surface area (Å²) in [5.41, 5.74) is 1.25. The number of piperidine rings is 1. The number of oxazole rings is 1. The van der Waals surface area contributed by atoms with Crippen LogP contribution in [0.1, 0.15) is 34.7 Å². The van der Waals surface area contributed by atoms with Crippen LogP contribution in [0.15, 0.2) is 63.9 Å². The van der Waals surface area contributed by atoms with Crippen LogP contribution in [-0.2, 0) is 12.0 Å². The highest BCUT2D eigenvalue weighted by Crippen LogP contribution is 2.36. The standard InChI is InChI=1S/C24H20N4O4/c25-15-24(23-26-18-5-1-2-7-20(18)32-23)8-11-27(12-9-24)14-16-13-17(22(30)31)21(29)28-10-4-3-6-19(16)28/h1-7,10,13H,8-9,11-12,14H2,(H,30,31). The Balaban J connectivity index is 1.42. The van der Waals surface area contributed by atoms with Crippen molar-refractivity contribution in [3.05, 3.63) is 82.1 Å². The molecule has 1 saturated heterocycles. The molecule has 0 unspecified atom stereocenters. The van der Waals surface area contributed by atoms with E-state index in [1.54, 1.807) is 12.3 Å². The molecule has 0 radical (unpaired) electrons. The van der Waals surface area contributed by atoms with Crippen molar-refractivity contribution >= 4 is 22.6 Å². The van der Waals surface area contributed by atoms with Gasteiger partial charge in [0.2, 0.25) is 5.89 Å². The van der Waals surface area contributed by atoms with E-state index in [1.165, 1.54) is 10.5 Å². The zero-order chi connectivity index (χ0) is 22.3. The number of nitriles is 1. The summed E-state index contributed by atoms with van der Waals surface area (Å²) in [6.45, 7) is 1.71. The summed E-state index contributed by atoms with van der Waals surface area (Å²) < 4.78 is 7.29. The minimum absolute atomic E-state index is 0.251. The molecule has 3 aromatic heterocycles. The Labute approximate surface area is 182 Å². The molecule has 8 nitrogen and oxygen atoms in total. The highest BCUT2D eigenvalue weighted by Gasteiger charge is 2.41. The Kier molecular flexibility index (Phi) is 4.76. The molecule has 0 amide bonds. The molecule has 1 fully saturated rings. The summed E-state index contributed by atoms with van der Waals surface area (Å²) in [7, 11) is 0. The smallest absolute Gasteiger partial charge is 0.341 e. The molecule has 0 bridgehead atoms. The number of hydrogen-bond acceptors (Lipinski definition) is 6. The molecule has 32 heavy (non-hydrogen) atoms. The summed E-state index contributed by atoms with van der Waals surface area (Å²) in [4.78, 5) is 30.8. The first-order valence-electron chi connectivity index (χ1n) is 10.4. The third-order valence-electron chi connectivity index (χ3n) is 6.21. The third-order valence-corrected chi connectivity index (χ3v) is 6.21. The van der Waals surface area contributed by atoms with Gasteiger partial charge in [-0.2, -0.15) is 5.26 Å². The Morgan fingerprint density at radius 2 is 1.94 bits per heavy atom. The van der Waals surface area contributed by atoms with Crippen LogP contribution < -0.4 is 5.56 Å². The van der Waals surface area contributed by atoms with E-state index in [1.807, 2.05) is 36.4 Å². The molecule has 4 aromatic rings. The van der Waals surface area contributed by atoms with Gasteiger partial charge in [0.05, 0.1) is 11.6 Å². The molecule has 0 aliphatic carbocycles. The maximum absolute atomic E-state index is 12.5. The number of likely N-dealkylation sites (tertiary alicyclic amines) is 1. The lowest BCUT2D eigenvalue weighted by molar-refractivity contribution is 0.0694. The molecule has 5 rings (SSSR count). The fourth-order valence-electron chi connectivity index (χ4n) is 4.39. The van der Waals surface area contributed by atoms with E-state index in [0.29, 0.717) is 49.5 Å². The third kappa shape index (κ3) is 3.24. The maximum Gasteiger partial charge on any atom is 0.341 e. The van der Waals surface area contributed by atoms with E-state index >= 15 is 0 Å². The first kappa shape index (κ1) is 20.0. The fraction of sp³-hybridized carbons (Fsp3) is 0.250. The van der Waals surface area contributed by atoms with Crippen molar-refractivity contribution in [2.45, 2.75) is 24.8 Å². The molecule has 1 N–H and O–H groups in total. The second-order valence-corrected chi connectivity index (χ2v) is 8.11. The van der Waals surface area contributed by atoms with Gasteiger partial charge >= 0.3 is 5.97 Å². The van der Waals surface area contributed by atoms with Gasteiger partial charge < -0.3 is 9.52 Å². The molecule has 0 spiro atoms. The maximum atomic E-state index is 12.5. The fourth-order valence-corrected chi connectivity index (χ4v) is 4.39. The van der Waals surface area contributed by atoms with Crippen molar-refractivity contribution in [3.8, 4) is 6.07 Å². The van der Waals surface area contributed by atoms with Crippen LogP contribution in [0.2, 0.25) is 0 Å². The van der Waals surface area contributed by atoms with Gasteiger partial charge in [-0.25, -0.2) is 9.78 Å². The van der Waals surface area contributed by atoms with Gasteiger partial charge in [0.25, 0.3) is 5.56 Å². The zero-order valence-corrected chi connectivity index (χ0v) is 17.2. The van der Waals surface area contributed by atoms with E-state index in [0.717, 1.165) is 11.1 Å². The average Bonchev–Trinajstić information content (AvgIpc) is 3.26. The molecule has 4 heterocycles. The van der Waals surface area contributed by atoms with Gasteiger partial charge in [-0.3, -0.25) is 14.1 Å². The van der Waals surface area contributed by atoms with Gasteiger partial charge in [-0.15, -0.1) is 0 Å². The number of rotatable bonds is 4. The number of carboxylic acids is 1. The van der Waals surface area contributed by atoms with Gasteiger partial charge in [-0.05, 0) is 48.7 Å². The van der Waals surface area contributed by atoms with Crippen LogP contribution in [0.3, 0.4) is 0 Å². The molecule has 8 heteroatoms. The monoisotopic (exact) mass is 428 g/mol. The second-order valence-electron chi connectivity index (χ2n) is 8.11. The number of para-hydroxylation sites is 2. The van der Waals surface area contributed by atoms with Gasteiger partial charge in [-0.1, -0.05) is 18.2 Å². The topological polar surface area (TPSA) is 112 Å². The van der Waals surface area contributed by atoms with E-state index in [4.69, 9.17) is 4.42 Å². The van der Waals surface area contributed by atoms with Crippen LogP contribution in [-0.4, -0.2) is 38.4 Å². The summed E-state index contributed by atoms with van der Waals surface area (Å²) in [6, 6.07) is 16.7. The van der Waals surface area contributed by atoms with Crippen molar-refractivity contribution in [2.75, 3.05) is 13.1 Å². The molecule has 160 valence electrons. The lowest BCUT2D eigenvalue weighted by Gasteiger charge is -2.35. The Bertz CT molecular complexity index is 1400. The second kappa shape index (κ2) is 7.62. The van der Waals surface area contributed by atoms with Crippen molar-refractivity contribution in [1.29, 1.82) is 5.26 Å². The summed E-state index contributed by atoms with van der Waals surface area (Å²) in [5.74, 6) is -0.793. The predicted molar refractivity (Wildman–Crippen MR) is 116 cm³/mol. The highest BCUT2D eigenvalue weighted by molar-refractivity contribution is 5.88. The van der Waals surface area contributed by atoms with Crippen molar-refractivity contribution < 1.29 is 14.3 Å². The van der Waals surface area contributed by atoms with Gasteiger partial charge in [0, 0.05) is 25.8 Å². The van der Waals surface area contributed by atoms with Crippen molar-refractivity contribution in [1.82, 2.24) is 14.3 Å². The van der Waals surface area contributed by atoms with Crippen LogP contribution in [0.5, 0.6) is 0 Å². The molecule has 1 aliphatic rings. The van der Waals surface area contributed by atoms with E-state index in [-0.39, 0.29) is 5.56 Å². The first-order valence-corrected chi connectivity index (χ1v) is 10.4. The van der Waals surface area contributed by atoms with Crippen LogP contribution in [0.25, 0.3) is 16.6 Å². The number of pyridine rings is 2. The van der Waals surface area contributed by atoms with Gasteiger partial charge in [0.15, 0.2) is 5.58 Å². The zero-order valence-electron chi connectivity index (χ0n) is 17.2. The lowest BCUT2D eigenvalue weighted by Crippen LogP contribution is -2.42. The quantitative estimate of drug-likeness (QED) is 0.531.